The fourth-order valence-electron chi connectivity index (χ4n) is 4.69. The van der Waals surface area contributed by atoms with Crippen LogP contribution in [0.5, 0.6) is 0 Å². The summed E-state index contributed by atoms with van der Waals surface area (Å²) < 4.78 is 47.2. The van der Waals surface area contributed by atoms with Crippen molar-refractivity contribution in [1.82, 2.24) is 14.6 Å². The zero-order valence-electron chi connectivity index (χ0n) is 21.9. The van der Waals surface area contributed by atoms with Crippen molar-refractivity contribution in [3.63, 3.8) is 0 Å². The van der Waals surface area contributed by atoms with Gasteiger partial charge < -0.3 is 14.5 Å². The van der Waals surface area contributed by atoms with Crippen molar-refractivity contribution >= 4 is 39.5 Å². The number of likely N-dealkylation sites (tertiary alicyclic amines) is 1. The third kappa shape index (κ3) is 6.84. The van der Waals surface area contributed by atoms with Crippen LogP contribution in [0.1, 0.15) is 54.2 Å². The third-order valence-corrected chi connectivity index (χ3v) is 7.68. The molecule has 1 aromatic heterocycles. The van der Waals surface area contributed by atoms with Gasteiger partial charge in [0.15, 0.2) is 0 Å². The second kappa shape index (κ2) is 12.3. The smallest absolute Gasteiger partial charge is 0.340 e. The van der Waals surface area contributed by atoms with E-state index in [9.17, 15) is 32.5 Å². The third-order valence-electron chi connectivity index (χ3n) is 6.71. The van der Waals surface area contributed by atoms with Gasteiger partial charge in [0.2, 0.25) is 11.8 Å². The van der Waals surface area contributed by atoms with Gasteiger partial charge in [-0.2, -0.15) is 13.7 Å². The number of aromatic nitrogens is 1. The average Bonchev–Trinajstić information content (AvgIpc) is 3.33. The number of hydrogen-bond donors (Lipinski definition) is 2. The SMILES string of the molecule is CCOC(=O)c1cc(C#N)c(N2CCC(C(=O)NS(=O)(=O)Nc3ccc(F)cc3)CC2)nc1CN1CCCC1=O. The summed E-state index contributed by atoms with van der Waals surface area (Å²) >= 11 is 0. The molecule has 1 aromatic carbocycles. The van der Waals surface area contributed by atoms with Crippen molar-refractivity contribution in [2.24, 2.45) is 5.92 Å². The number of nitrogens with one attached hydrogen (secondary N) is 2. The molecule has 2 aliphatic heterocycles. The quantitative estimate of drug-likeness (QED) is 0.429. The van der Waals surface area contributed by atoms with Crippen molar-refractivity contribution in [2.45, 2.75) is 39.2 Å². The van der Waals surface area contributed by atoms with Crippen LogP contribution in [0.4, 0.5) is 15.9 Å². The maximum Gasteiger partial charge on any atom is 0.340 e. The molecule has 0 unspecified atom stereocenters. The first-order chi connectivity index (χ1) is 19.1. The first-order valence-corrected chi connectivity index (χ1v) is 14.3. The van der Waals surface area contributed by atoms with Crippen LogP contribution in [-0.2, 0) is 31.1 Å². The highest BCUT2D eigenvalue weighted by Gasteiger charge is 2.31. The number of pyridine rings is 1. The van der Waals surface area contributed by atoms with Crippen molar-refractivity contribution in [3.05, 3.63) is 53.0 Å². The summed E-state index contributed by atoms with van der Waals surface area (Å²) in [5.74, 6) is -2.19. The molecule has 3 heterocycles. The number of hydrogen-bond acceptors (Lipinski definition) is 9. The molecule has 0 radical (unpaired) electrons. The van der Waals surface area contributed by atoms with E-state index >= 15 is 0 Å². The number of piperidine rings is 1. The lowest BCUT2D eigenvalue weighted by Crippen LogP contribution is -2.44. The summed E-state index contributed by atoms with van der Waals surface area (Å²) in [4.78, 5) is 45.6. The Morgan fingerprint density at radius 3 is 2.50 bits per heavy atom. The number of halogens is 1. The van der Waals surface area contributed by atoms with E-state index in [-0.39, 0.29) is 48.7 Å². The molecule has 40 heavy (non-hydrogen) atoms. The minimum Gasteiger partial charge on any atom is -0.462 e. The number of ether oxygens (including phenoxy) is 1. The summed E-state index contributed by atoms with van der Waals surface area (Å²) in [6.45, 7) is 3.04. The van der Waals surface area contributed by atoms with Crippen LogP contribution in [0.2, 0.25) is 0 Å². The number of benzene rings is 1. The van der Waals surface area contributed by atoms with Gasteiger partial charge in [-0.3, -0.25) is 14.3 Å². The Morgan fingerprint density at radius 1 is 1.20 bits per heavy atom. The Bertz CT molecular complexity index is 1430. The van der Waals surface area contributed by atoms with E-state index in [1.54, 1.807) is 16.7 Å². The van der Waals surface area contributed by atoms with Gasteiger partial charge in [0.1, 0.15) is 17.7 Å². The van der Waals surface area contributed by atoms with Gasteiger partial charge in [0, 0.05) is 32.0 Å². The predicted molar refractivity (Wildman–Crippen MR) is 142 cm³/mol. The van der Waals surface area contributed by atoms with Crippen LogP contribution in [0, 0.1) is 23.1 Å². The number of nitrogens with zero attached hydrogens (tertiary/aromatic N) is 4. The second-order valence-corrected chi connectivity index (χ2v) is 10.9. The van der Waals surface area contributed by atoms with Crippen molar-refractivity contribution < 1.29 is 31.9 Å². The number of rotatable bonds is 9. The Balaban J connectivity index is 1.47. The zero-order valence-corrected chi connectivity index (χ0v) is 22.7. The summed E-state index contributed by atoms with van der Waals surface area (Å²) in [7, 11) is -4.23. The van der Waals surface area contributed by atoms with Crippen LogP contribution in [0.25, 0.3) is 0 Å². The molecule has 2 aromatic rings. The molecule has 12 nitrogen and oxygen atoms in total. The van der Waals surface area contributed by atoms with Crippen LogP contribution in [0.3, 0.4) is 0 Å². The van der Waals surface area contributed by atoms with Crippen molar-refractivity contribution in [3.8, 4) is 6.07 Å². The number of carbonyl (C=O) groups excluding carboxylic acids is 3. The van der Waals surface area contributed by atoms with Crippen LogP contribution >= 0.6 is 0 Å². The molecule has 2 fully saturated rings. The Morgan fingerprint density at radius 2 is 1.90 bits per heavy atom. The monoisotopic (exact) mass is 572 g/mol. The zero-order chi connectivity index (χ0) is 28.9. The minimum absolute atomic E-state index is 0.0433. The highest BCUT2D eigenvalue weighted by Crippen LogP contribution is 2.28. The first kappa shape index (κ1) is 28.8. The lowest BCUT2D eigenvalue weighted by atomic mass is 9.96. The standard InChI is InChI=1S/C26H29FN6O6S/c1-2-39-26(36)21-14-18(15-28)24(29-22(21)16-33-11-3-4-23(33)34)32-12-9-17(10-13-32)25(35)31-40(37,38)30-20-7-5-19(27)6-8-20/h5-8,14,17,30H,2-4,9-13,16H2,1H3,(H,31,35). The molecule has 2 aliphatic rings. The molecular formula is C26H29FN6O6S. The summed E-state index contributed by atoms with van der Waals surface area (Å²) in [5.41, 5.74) is 0.688. The number of esters is 1. The molecule has 0 spiro atoms. The topological polar surface area (TPSA) is 162 Å². The Kier molecular flexibility index (Phi) is 8.83. The molecule has 212 valence electrons. The Labute approximate surface area is 231 Å². The molecule has 2 N–H and O–H groups in total. The van der Waals surface area contributed by atoms with Gasteiger partial charge >= 0.3 is 16.2 Å². The van der Waals surface area contributed by atoms with Gasteiger partial charge in [0.25, 0.3) is 0 Å². The van der Waals surface area contributed by atoms with E-state index in [0.29, 0.717) is 44.0 Å². The molecular weight excluding hydrogens is 543 g/mol. The fourth-order valence-corrected chi connectivity index (χ4v) is 5.62. The molecule has 14 heteroatoms. The van der Waals surface area contributed by atoms with E-state index in [0.717, 1.165) is 12.1 Å². The van der Waals surface area contributed by atoms with Gasteiger partial charge in [-0.25, -0.2) is 18.9 Å². The molecule has 2 amide bonds. The first-order valence-electron chi connectivity index (χ1n) is 12.8. The second-order valence-electron chi connectivity index (χ2n) is 9.44. The molecule has 0 aliphatic carbocycles. The number of nitriles is 1. The average molecular weight is 573 g/mol. The highest BCUT2D eigenvalue weighted by molar-refractivity contribution is 7.91. The fraction of sp³-hybridized carbons (Fsp3) is 0.423. The molecule has 0 saturated carbocycles. The van der Waals surface area contributed by atoms with E-state index in [4.69, 9.17) is 4.74 Å². The summed E-state index contributed by atoms with van der Waals surface area (Å²) in [5, 5.41) is 9.81. The predicted octanol–water partition coefficient (Wildman–Crippen LogP) is 2.08. The van der Waals surface area contributed by atoms with Crippen LogP contribution in [-0.4, -0.2) is 62.3 Å². The van der Waals surface area contributed by atoms with Crippen molar-refractivity contribution in [1.29, 1.82) is 5.26 Å². The molecule has 0 bridgehead atoms. The van der Waals surface area contributed by atoms with E-state index < -0.39 is 33.8 Å². The van der Waals surface area contributed by atoms with Crippen molar-refractivity contribution in [2.75, 3.05) is 35.9 Å². The van der Waals surface area contributed by atoms with Crippen LogP contribution in [0.15, 0.2) is 30.3 Å². The maximum atomic E-state index is 13.1. The number of carbonyl (C=O) groups is 3. The molecule has 0 atom stereocenters. The lowest BCUT2D eigenvalue weighted by Gasteiger charge is -2.33. The molecule has 2 saturated heterocycles. The highest BCUT2D eigenvalue weighted by atomic mass is 32.2. The Hall–Kier alpha value is -4.25. The van der Waals surface area contributed by atoms with Crippen LogP contribution < -0.4 is 14.3 Å². The summed E-state index contributed by atoms with van der Waals surface area (Å²) in [6, 6.07) is 8.14. The number of amides is 2. The van der Waals surface area contributed by atoms with E-state index in [2.05, 4.69) is 15.8 Å². The largest absolute Gasteiger partial charge is 0.462 e. The summed E-state index contributed by atoms with van der Waals surface area (Å²) in [6.07, 6.45) is 1.69. The van der Waals surface area contributed by atoms with Gasteiger partial charge in [-0.15, -0.1) is 0 Å². The van der Waals surface area contributed by atoms with E-state index in [1.165, 1.54) is 18.2 Å². The maximum absolute atomic E-state index is 13.1. The van der Waals surface area contributed by atoms with Gasteiger partial charge in [-0.1, -0.05) is 0 Å². The van der Waals surface area contributed by atoms with Gasteiger partial charge in [0.05, 0.1) is 35.7 Å². The number of anilines is 2. The van der Waals surface area contributed by atoms with E-state index in [1.807, 2.05) is 4.72 Å². The minimum atomic E-state index is -4.23. The lowest BCUT2D eigenvalue weighted by molar-refractivity contribution is -0.128. The normalized spacial score (nSPS) is 16.0. The molecule has 4 rings (SSSR count). The van der Waals surface area contributed by atoms with Gasteiger partial charge in [-0.05, 0) is 56.5 Å².